The van der Waals surface area contributed by atoms with Crippen LogP contribution >= 0.6 is 23.4 Å². The molecule has 0 bridgehead atoms. The van der Waals surface area contributed by atoms with Crippen molar-refractivity contribution in [3.8, 4) is 11.5 Å². The van der Waals surface area contributed by atoms with Crippen molar-refractivity contribution in [1.29, 1.82) is 0 Å². The summed E-state index contributed by atoms with van der Waals surface area (Å²) >= 11 is 7.11. The first-order valence-electron chi connectivity index (χ1n) is 10.5. The smallest absolute Gasteiger partial charge is 0.293 e. The van der Waals surface area contributed by atoms with Gasteiger partial charge in [0.25, 0.3) is 11.1 Å². The summed E-state index contributed by atoms with van der Waals surface area (Å²) in [7, 11) is 0. The third-order valence-electron chi connectivity index (χ3n) is 4.96. The average molecular weight is 480 g/mol. The van der Waals surface area contributed by atoms with Gasteiger partial charge >= 0.3 is 0 Å². The van der Waals surface area contributed by atoms with E-state index in [1.54, 1.807) is 18.2 Å². The van der Waals surface area contributed by atoms with Crippen LogP contribution < -0.4 is 9.47 Å². The minimum Gasteiger partial charge on any atom is -0.490 e. The van der Waals surface area contributed by atoms with Crippen molar-refractivity contribution in [2.75, 3.05) is 6.61 Å². The van der Waals surface area contributed by atoms with Gasteiger partial charge in [-0.3, -0.25) is 14.5 Å². The van der Waals surface area contributed by atoms with Crippen LogP contribution in [-0.2, 0) is 17.9 Å². The zero-order valence-electron chi connectivity index (χ0n) is 18.0. The van der Waals surface area contributed by atoms with E-state index in [1.807, 2.05) is 67.6 Å². The third kappa shape index (κ3) is 5.59. The maximum atomic E-state index is 12.9. The van der Waals surface area contributed by atoms with Crippen LogP contribution in [0.2, 0.25) is 5.02 Å². The quantitative estimate of drug-likeness (QED) is 0.343. The van der Waals surface area contributed by atoms with E-state index in [4.69, 9.17) is 21.1 Å². The van der Waals surface area contributed by atoms with Crippen molar-refractivity contribution in [2.45, 2.75) is 20.1 Å². The highest BCUT2D eigenvalue weighted by Gasteiger charge is 2.35. The van der Waals surface area contributed by atoms with Crippen LogP contribution in [0.3, 0.4) is 0 Å². The minimum absolute atomic E-state index is 0.137. The molecule has 3 aromatic carbocycles. The molecule has 1 fully saturated rings. The SMILES string of the molecule is CCOc1cc(/C=C2/SC(=O)N(Cc3ccccc3Cl)C2=O)ccc1OCc1ccccc1. The van der Waals surface area contributed by atoms with Crippen molar-refractivity contribution in [3.63, 3.8) is 0 Å². The summed E-state index contributed by atoms with van der Waals surface area (Å²) in [6.07, 6.45) is 1.70. The molecule has 0 radical (unpaired) electrons. The van der Waals surface area contributed by atoms with E-state index in [0.29, 0.717) is 34.6 Å². The Morgan fingerprint density at radius 3 is 2.45 bits per heavy atom. The molecule has 0 atom stereocenters. The molecule has 0 unspecified atom stereocenters. The maximum Gasteiger partial charge on any atom is 0.293 e. The van der Waals surface area contributed by atoms with Gasteiger partial charge in [0, 0.05) is 5.02 Å². The van der Waals surface area contributed by atoms with Gasteiger partial charge in [-0.2, -0.15) is 0 Å². The van der Waals surface area contributed by atoms with E-state index in [2.05, 4.69) is 0 Å². The fourth-order valence-corrected chi connectivity index (χ4v) is 4.36. The van der Waals surface area contributed by atoms with Gasteiger partial charge < -0.3 is 9.47 Å². The van der Waals surface area contributed by atoms with Gasteiger partial charge in [0.05, 0.1) is 18.1 Å². The number of nitrogens with zero attached hydrogens (tertiary/aromatic N) is 1. The van der Waals surface area contributed by atoms with E-state index in [1.165, 1.54) is 4.90 Å². The first kappa shape index (κ1) is 23.0. The summed E-state index contributed by atoms with van der Waals surface area (Å²) in [5.74, 6) is 0.856. The maximum absolute atomic E-state index is 12.9. The number of carbonyl (C=O) groups is 2. The molecule has 1 saturated heterocycles. The third-order valence-corrected chi connectivity index (χ3v) is 6.24. The Hall–Kier alpha value is -3.22. The van der Waals surface area contributed by atoms with Crippen LogP contribution in [0, 0.1) is 0 Å². The van der Waals surface area contributed by atoms with Crippen LogP contribution in [-0.4, -0.2) is 22.7 Å². The number of thioether (sulfide) groups is 1. The number of hydrogen-bond acceptors (Lipinski definition) is 5. The van der Waals surface area contributed by atoms with Gasteiger partial charge in [0.15, 0.2) is 11.5 Å². The summed E-state index contributed by atoms with van der Waals surface area (Å²) in [6, 6.07) is 22.5. The number of rotatable bonds is 8. The Balaban J connectivity index is 1.51. The molecule has 2 amide bonds. The van der Waals surface area contributed by atoms with Crippen molar-refractivity contribution in [1.82, 2.24) is 4.90 Å². The lowest BCUT2D eigenvalue weighted by Gasteiger charge is -2.13. The predicted octanol–water partition coefficient (Wildman–Crippen LogP) is 6.55. The summed E-state index contributed by atoms with van der Waals surface area (Å²) in [5, 5.41) is 0.201. The topological polar surface area (TPSA) is 55.8 Å². The molecule has 0 N–H and O–H groups in total. The lowest BCUT2D eigenvalue weighted by atomic mass is 10.1. The van der Waals surface area contributed by atoms with Crippen LogP contribution in [0.4, 0.5) is 4.79 Å². The number of imide groups is 1. The van der Waals surface area contributed by atoms with E-state index in [0.717, 1.165) is 28.5 Å². The molecule has 7 heteroatoms. The molecule has 3 aromatic rings. The predicted molar refractivity (Wildman–Crippen MR) is 131 cm³/mol. The Bertz CT molecular complexity index is 1200. The van der Waals surface area contributed by atoms with Crippen molar-refractivity contribution in [3.05, 3.63) is 99.4 Å². The molecule has 168 valence electrons. The highest BCUT2D eigenvalue weighted by atomic mass is 35.5. The standard InChI is InChI=1S/C26H22ClNO4S/c1-2-31-23-14-19(12-13-22(23)32-17-18-8-4-3-5-9-18)15-24-25(29)28(26(30)33-24)16-20-10-6-7-11-21(20)27/h3-15H,2,16-17H2,1H3/b24-15+. The first-order chi connectivity index (χ1) is 16.0. The zero-order valence-corrected chi connectivity index (χ0v) is 19.6. The Labute approximate surface area is 202 Å². The van der Waals surface area contributed by atoms with Gasteiger partial charge in [-0.1, -0.05) is 66.2 Å². The molecular weight excluding hydrogens is 458 g/mol. The van der Waals surface area contributed by atoms with Crippen molar-refractivity contribution >= 4 is 40.6 Å². The highest BCUT2D eigenvalue weighted by molar-refractivity contribution is 8.18. The molecule has 1 heterocycles. The largest absolute Gasteiger partial charge is 0.490 e. The van der Waals surface area contributed by atoms with Gasteiger partial charge in [-0.25, -0.2) is 0 Å². The lowest BCUT2D eigenvalue weighted by Crippen LogP contribution is -2.27. The highest BCUT2D eigenvalue weighted by Crippen LogP contribution is 2.36. The Kier molecular flexibility index (Phi) is 7.37. The fourth-order valence-electron chi connectivity index (χ4n) is 3.32. The van der Waals surface area contributed by atoms with Gasteiger partial charge in [0.1, 0.15) is 6.61 Å². The molecule has 1 aliphatic rings. The summed E-state index contributed by atoms with van der Waals surface area (Å²) < 4.78 is 11.7. The number of hydrogen-bond donors (Lipinski definition) is 0. The van der Waals surface area contributed by atoms with Gasteiger partial charge in [-0.05, 0) is 59.7 Å². The fraction of sp³-hybridized carbons (Fsp3) is 0.154. The number of benzene rings is 3. The van der Waals surface area contributed by atoms with Crippen LogP contribution in [0.5, 0.6) is 11.5 Å². The summed E-state index contributed by atoms with van der Waals surface area (Å²) in [6.45, 7) is 2.92. The number of amides is 2. The molecule has 5 nitrogen and oxygen atoms in total. The first-order valence-corrected chi connectivity index (χ1v) is 11.7. The number of carbonyl (C=O) groups excluding carboxylic acids is 2. The van der Waals surface area contributed by atoms with Crippen LogP contribution in [0.25, 0.3) is 6.08 Å². The van der Waals surface area contributed by atoms with Gasteiger partial charge in [0.2, 0.25) is 0 Å². The summed E-state index contributed by atoms with van der Waals surface area (Å²) in [4.78, 5) is 26.9. The van der Waals surface area contributed by atoms with E-state index in [-0.39, 0.29) is 17.7 Å². The lowest BCUT2D eigenvalue weighted by molar-refractivity contribution is -0.123. The molecule has 0 aliphatic carbocycles. The second-order valence-electron chi connectivity index (χ2n) is 7.27. The van der Waals surface area contributed by atoms with Crippen LogP contribution in [0.1, 0.15) is 23.6 Å². The van der Waals surface area contributed by atoms with Gasteiger partial charge in [-0.15, -0.1) is 0 Å². The second kappa shape index (κ2) is 10.6. The van der Waals surface area contributed by atoms with Crippen LogP contribution in [0.15, 0.2) is 77.7 Å². The van der Waals surface area contributed by atoms with Crippen molar-refractivity contribution < 1.29 is 19.1 Å². The molecule has 33 heavy (non-hydrogen) atoms. The van der Waals surface area contributed by atoms with E-state index < -0.39 is 0 Å². The van der Waals surface area contributed by atoms with E-state index in [9.17, 15) is 9.59 Å². The molecule has 4 rings (SSSR count). The number of ether oxygens (including phenoxy) is 2. The molecule has 1 aliphatic heterocycles. The minimum atomic E-state index is -0.340. The zero-order chi connectivity index (χ0) is 23.2. The van der Waals surface area contributed by atoms with Crippen molar-refractivity contribution in [2.24, 2.45) is 0 Å². The Morgan fingerprint density at radius 2 is 1.70 bits per heavy atom. The average Bonchev–Trinajstić information content (AvgIpc) is 3.08. The molecular formula is C26H22ClNO4S. The molecule has 0 saturated carbocycles. The summed E-state index contributed by atoms with van der Waals surface area (Å²) in [5.41, 5.74) is 2.52. The molecule has 0 spiro atoms. The Morgan fingerprint density at radius 1 is 0.939 bits per heavy atom. The molecule has 0 aromatic heterocycles. The number of halogens is 1. The second-order valence-corrected chi connectivity index (χ2v) is 8.67. The normalized spacial score (nSPS) is 14.7. The monoisotopic (exact) mass is 479 g/mol. The van der Waals surface area contributed by atoms with E-state index >= 15 is 0 Å².